The van der Waals surface area contributed by atoms with E-state index in [-0.39, 0.29) is 5.54 Å². The zero-order valence-corrected chi connectivity index (χ0v) is 31.5. The van der Waals surface area contributed by atoms with E-state index in [1.165, 1.54) is 77.7 Å². The van der Waals surface area contributed by atoms with Crippen LogP contribution in [0, 0.1) is 64.1 Å². The number of fused-ring (bicyclic) bond motifs is 5. The molecule has 0 bridgehead atoms. The highest BCUT2D eigenvalue weighted by atomic mass is 16.5. The summed E-state index contributed by atoms with van der Waals surface area (Å²) in [7, 11) is 5.88. The molecular formula is C39H79N3O. The fraction of sp³-hybridized carbons (Fsp3) is 1.00. The van der Waals surface area contributed by atoms with Gasteiger partial charge in [0.1, 0.15) is 0 Å². The molecule has 0 spiro atoms. The Kier molecular flexibility index (Phi) is 15.1. The Morgan fingerprint density at radius 3 is 1.84 bits per heavy atom. The Bertz CT molecular complexity index is 783. The van der Waals surface area contributed by atoms with Gasteiger partial charge in [-0.05, 0) is 144 Å². The Hall–Kier alpha value is -0.160. The SMILES string of the molecule is CC.CC(C)C1CC(N(C)C)C1C.CC1COC1.CCC1CCC2(C)C3CCC4CC(C)CCC4(N)C3CCC12C.CN. The second kappa shape index (κ2) is 16.6. The Morgan fingerprint density at radius 1 is 0.791 bits per heavy atom. The highest BCUT2D eigenvalue weighted by molar-refractivity contribution is 5.16. The van der Waals surface area contributed by atoms with Crippen molar-refractivity contribution >= 4 is 0 Å². The van der Waals surface area contributed by atoms with Gasteiger partial charge in [-0.3, -0.25) is 0 Å². The first-order chi connectivity index (χ1) is 20.3. The number of hydrogen-bond donors (Lipinski definition) is 2. The van der Waals surface area contributed by atoms with Crippen molar-refractivity contribution in [3.8, 4) is 0 Å². The van der Waals surface area contributed by atoms with Gasteiger partial charge in [0.2, 0.25) is 0 Å². The maximum atomic E-state index is 7.23. The van der Waals surface area contributed by atoms with Crippen LogP contribution in [0.4, 0.5) is 0 Å². The summed E-state index contributed by atoms with van der Waals surface area (Å²) >= 11 is 0. The van der Waals surface area contributed by atoms with Gasteiger partial charge in [0.25, 0.3) is 0 Å². The lowest BCUT2D eigenvalue weighted by Gasteiger charge is -2.64. The normalized spacial score (nSPS) is 44.6. The van der Waals surface area contributed by atoms with Crippen LogP contribution in [0.2, 0.25) is 0 Å². The quantitative estimate of drug-likeness (QED) is 0.336. The summed E-state index contributed by atoms with van der Waals surface area (Å²) in [4.78, 5) is 2.36. The van der Waals surface area contributed by atoms with Crippen molar-refractivity contribution in [1.82, 2.24) is 4.90 Å². The van der Waals surface area contributed by atoms with Crippen molar-refractivity contribution in [2.24, 2.45) is 75.6 Å². The molecule has 43 heavy (non-hydrogen) atoms. The van der Waals surface area contributed by atoms with Crippen LogP contribution in [0.1, 0.15) is 140 Å². The minimum Gasteiger partial charge on any atom is -0.381 e. The Labute approximate surface area is 270 Å². The molecule has 6 aliphatic rings. The van der Waals surface area contributed by atoms with Gasteiger partial charge in [0, 0.05) is 17.5 Å². The molecule has 4 heteroatoms. The molecule has 4 nitrogen and oxygen atoms in total. The van der Waals surface area contributed by atoms with E-state index >= 15 is 0 Å². The van der Waals surface area contributed by atoms with Crippen LogP contribution >= 0.6 is 0 Å². The molecule has 0 radical (unpaired) electrons. The minimum atomic E-state index is 0.185. The van der Waals surface area contributed by atoms with Gasteiger partial charge in [-0.15, -0.1) is 0 Å². The summed E-state index contributed by atoms with van der Waals surface area (Å²) in [5, 5.41) is 0. The van der Waals surface area contributed by atoms with Crippen molar-refractivity contribution < 1.29 is 4.74 Å². The molecule has 11 unspecified atom stereocenters. The molecule has 0 amide bonds. The summed E-state index contributed by atoms with van der Waals surface area (Å²) in [5.74, 6) is 8.03. The van der Waals surface area contributed by atoms with Gasteiger partial charge in [-0.1, -0.05) is 75.7 Å². The lowest BCUT2D eigenvalue weighted by molar-refractivity contribution is -0.130. The van der Waals surface area contributed by atoms with E-state index in [0.29, 0.717) is 10.8 Å². The van der Waals surface area contributed by atoms with Gasteiger partial charge >= 0.3 is 0 Å². The van der Waals surface area contributed by atoms with Gasteiger partial charge < -0.3 is 21.1 Å². The van der Waals surface area contributed by atoms with Gasteiger partial charge in [-0.25, -0.2) is 0 Å². The van der Waals surface area contributed by atoms with Crippen LogP contribution in [0.5, 0.6) is 0 Å². The van der Waals surface area contributed by atoms with E-state index in [9.17, 15) is 0 Å². The lowest BCUT2D eigenvalue weighted by Crippen LogP contribution is -2.65. The summed E-state index contributed by atoms with van der Waals surface area (Å²) in [6.45, 7) is 25.4. The highest BCUT2D eigenvalue weighted by Crippen LogP contribution is 2.71. The number of ether oxygens (including phenoxy) is 1. The first-order valence-electron chi connectivity index (χ1n) is 18.9. The van der Waals surface area contributed by atoms with Gasteiger partial charge in [0.15, 0.2) is 0 Å². The third kappa shape index (κ3) is 7.87. The maximum Gasteiger partial charge on any atom is 0.0513 e. The fourth-order valence-corrected chi connectivity index (χ4v) is 11.1. The number of nitrogens with two attached hydrogens (primary N) is 2. The molecule has 11 atom stereocenters. The van der Waals surface area contributed by atoms with Crippen molar-refractivity contribution in [2.75, 3.05) is 34.4 Å². The van der Waals surface area contributed by atoms with Crippen molar-refractivity contribution in [3.05, 3.63) is 0 Å². The third-order valence-electron chi connectivity index (χ3n) is 14.1. The Balaban J connectivity index is 0.000000268. The van der Waals surface area contributed by atoms with Crippen LogP contribution in [-0.2, 0) is 4.74 Å². The van der Waals surface area contributed by atoms with Crippen LogP contribution < -0.4 is 11.5 Å². The monoisotopic (exact) mass is 606 g/mol. The summed E-state index contributed by atoms with van der Waals surface area (Å²) in [6, 6.07) is 0.849. The highest BCUT2D eigenvalue weighted by Gasteiger charge is 2.65. The predicted molar refractivity (Wildman–Crippen MR) is 189 cm³/mol. The second-order valence-corrected chi connectivity index (χ2v) is 16.7. The molecule has 256 valence electrons. The van der Waals surface area contributed by atoms with Crippen molar-refractivity contribution in [1.29, 1.82) is 0 Å². The molecule has 1 aliphatic heterocycles. The fourth-order valence-electron chi connectivity index (χ4n) is 11.1. The molecule has 0 aromatic carbocycles. The zero-order chi connectivity index (χ0) is 32.8. The van der Waals surface area contributed by atoms with Crippen LogP contribution in [0.15, 0.2) is 0 Å². The molecule has 5 aliphatic carbocycles. The zero-order valence-electron chi connectivity index (χ0n) is 31.5. The second-order valence-electron chi connectivity index (χ2n) is 16.7. The van der Waals surface area contributed by atoms with Crippen LogP contribution in [0.3, 0.4) is 0 Å². The van der Waals surface area contributed by atoms with E-state index < -0.39 is 0 Å². The molecule has 0 aromatic heterocycles. The topological polar surface area (TPSA) is 64.5 Å². The third-order valence-corrected chi connectivity index (χ3v) is 14.1. The maximum absolute atomic E-state index is 7.23. The molecule has 6 fully saturated rings. The number of hydrogen-bond acceptors (Lipinski definition) is 4. The number of nitrogens with zero attached hydrogens (tertiary/aromatic N) is 1. The summed E-state index contributed by atoms with van der Waals surface area (Å²) in [6.07, 6.45) is 15.6. The predicted octanol–water partition coefficient (Wildman–Crippen LogP) is 9.26. The molecular weight excluding hydrogens is 526 g/mol. The molecule has 4 N–H and O–H groups in total. The Morgan fingerprint density at radius 2 is 1.37 bits per heavy atom. The smallest absolute Gasteiger partial charge is 0.0513 e. The van der Waals surface area contributed by atoms with Crippen molar-refractivity contribution in [2.45, 2.75) is 151 Å². The minimum absolute atomic E-state index is 0.185. The first-order valence-corrected chi connectivity index (χ1v) is 18.9. The molecule has 1 heterocycles. The van der Waals surface area contributed by atoms with E-state index in [2.05, 4.69) is 80.1 Å². The first kappa shape index (κ1) is 39.0. The van der Waals surface area contributed by atoms with Crippen LogP contribution in [-0.4, -0.2) is 50.8 Å². The summed E-state index contributed by atoms with van der Waals surface area (Å²) < 4.78 is 4.83. The van der Waals surface area contributed by atoms with Crippen molar-refractivity contribution in [3.63, 3.8) is 0 Å². The summed E-state index contributed by atoms with van der Waals surface area (Å²) in [5.41, 5.74) is 13.1. The van der Waals surface area contributed by atoms with E-state index in [0.717, 1.165) is 72.5 Å². The van der Waals surface area contributed by atoms with E-state index in [1.807, 2.05) is 13.8 Å². The lowest BCUT2D eigenvalue weighted by atomic mass is 9.42. The molecule has 1 saturated heterocycles. The molecule has 5 saturated carbocycles. The van der Waals surface area contributed by atoms with E-state index in [4.69, 9.17) is 10.5 Å². The van der Waals surface area contributed by atoms with Gasteiger partial charge in [-0.2, -0.15) is 0 Å². The van der Waals surface area contributed by atoms with E-state index in [1.54, 1.807) is 0 Å². The number of rotatable bonds is 3. The van der Waals surface area contributed by atoms with Crippen LogP contribution in [0.25, 0.3) is 0 Å². The van der Waals surface area contributed by atoms with Gasteiger partial charge in [0.05, 0.1) is 13.2 Å². The largest absolute Gasteiger partial charge is 0.381 e. The standard InChI is InChI=1S/C22H39N.C10H21N.C4H8O.C2H6.CH5N/c1-5-16-9-11-21(4)18-7-6-17-14-15(2)8-13-22(17,23)19(18)10-12-20(16,21)3;1-7(2)9-6-10(8(9)3)11(4)5;1-4-2-5-3-4;2*1-2/h15-19H,5-14,23H2,1-4H3;7-10H,6H2,1-5H3;4H,2-3H2,1H3;1-2H3;2H2,1H3. The molecule has 0 aromatic rings. The average Bonchev–Trinajstić information content (AvgIpc) is 3.24. The average molecular weight is 606 g/mol. The molecule has 6 rings (SSSR count).